The summed E-state index contributed by atoms with van der Waals surface area (Å²) in [4.78, 5) is 18.9. The van der Waals surface area contributed by atoms with Gasteiger partial charge in [-0.3, -0.25) is 9.63 Å². The van der Waals surface area contributed by atoms with E-state index in [0.717, 1.165) is 25.7 Å². The molecule has 1 fully saturated rings. The Labute approximate surface area is 171 Å². The van der Waals surface area contributed by atoms with E-state index in [1.165, 1.54) is 5.56 Å². The third-order valence-electron chi connectivity index (χ3n) is 6.88. The summed E-state index contributed by atoms with van der Waals surface area (Å²) in [6, 6.07) is 10.4. The Morgan fingerprint density at radius 3 is 2.36 bits per heavy atom. The zero-order valence-electron chi connectivity index (χ0n) is 18.8. The van der Waals surface area contributed by atoms with Crippen molar-refractivity contribution in [1.29, 1.82) is 0 Å². The molecular formula is C24H39NO3. The first-order valence-electron chi connectivity index (χ1n) is 10.9. The summed E-state index contributed by atoms with van der Waals surface area (Å²) < 4.78 is 5.96. The number of hydrogen-bond donors (Lipinski definition) is 0. The van der Waals surface area contributed by atoms with E-state index in [2.05, 4.69) is 70.9 Å². The molecule has 0 N–H and O–H groups in total. The van der Waals surface area contributed by atoms with Gasteiger partial charge in [-0.2, -0.15) is 5.06 Å². The smallest absolute Gasteiger partial charge is 0.306 e. The normalized spacial score (nSPS) is 32.1. The highest BCUT2D eigenvalue weighted by molar-refractivity contribution is 5.69. The SMILES string of the molecule is CCCC(=O)OC1CC(C)(CC)N(OC(C)c2ccccc2)C(C)(CC)C1C. The van der Waals surface area contributed by atoms with Gasteiger partial charge in [0.2, 0.25) is 0 Å². The molecule has 0 amide bonds. The van der Waals surface area contributed by atoms with Crippen LogP contribution >= 0.6 is 0 Å². The van der Waals surface area contributed by atoms with E-state index in [0.29, 0.717) is 6.42 Å². The lowest BCUT2D eigenvalue weighted by molar-refractivity contribution is -0.336. The molecule has 0 aliphatic carbocycles. The quantitative estimate of drug-likeness (QED) is 0.506. The van der Waals surface area contributed by atoms with Crippen molar-refractivity contribution in [2.45, 2.75) is 104 Å². The number of hydrogen-bond acceptors (Lipinski definition) is 4. The number of carbonyl (C=O) groups is 1. The van der Waals surface area contributed by atoms with Crippen molar-refractivity contribution in [3.63, 3.8) is 0 Å². The van der Waals surface area contributed by atoms with Crippen molar-refractivity contribution >= 4 is 5.97 Å². The molecule has 1 aromatic carbocycles. The third-order valence-corrected chi connectivity index (χ3v) is 6.88. The average molecular weight is 390 g/mol. The van der Waals surface area contributed by atoms with Crippen LogP contribution in [0.25, 0.3) is 0 Å². The Morgan fingerprint density at radius 2 is 1.82 bits per heavy atom. The predicted octanol–water partition coefficient (Wildman–Crippen LogP) is 6.07. The van der Waals surface area contributed by atoms with E-state index in [1.54, 1.807) is 0 Å². The summed E-state index contributed by atoms with van der Waals surface area (Å²) >= 11 is 0. The summed E-state index contributed by atoms with van der Waals surface area (Å²) in [7, 11) is 0. The van der Waals surface area contributed by atoms with Crippen LogP contribution in [0.4, 0.5) is 0 Å². The van der Waals surface area contributed by atoms with E-state index < -0.39 is 0 Å². The van der Waals surface area contributed by atoms with Gasteiger partial charge in [0.1, 0.15) is 12.2 Å². The minimum absolute atomic E-state index is 0.0376. The largest absolute Gasteiger partial charge is 0.462 e. The predicted molar refractivity (Wildman–Crippen MR) is 114 cm³/mol. The molecule has 0 bridgehead atoms. The van der Waals surface area contributed by atoms with Gasteiger partial charge in [-0.25, -0.2) is 0 Å². The van der Waals surface area contributed by atoms with Crippen LogP contribution in [0.1, 0.15) is 92.2 Å². The highest BCUT2D eigenvalue weighted by Gasteiger charge is 2.55. The highest BCUT2D eigenvalue weighted by Crippen LogP contribution is 2.48. The lowest BCUT2D eigenvalue weighted by Crippen LogP contribution is -2.68. The summed E-state index contributed by atoms with van der Waals surface area (Å²) in [5, 5.41) is 2.24. The lowest BCUT2D eigenvalue weighted by Gasteiger charge is -2.59. The summed E-state index contributed by atoms with van der Waals surface area (Å²) in [6.45, 7) is 15.2. The van der Waals surface area contributed by atoms with Crippen LogP contribution in [0.2, 0.25) is 0 Å². The standard InChI is InChI=1S/C24H39NO3/c1-8-14-22(26)27-21-17-23(6,9-2)25(24(7,10-3)18(21)4)28-19(5)20-15-12-11-13-16-20/h11-13,15-16,18-19,21H,8-10,14,17H2,1-7H3. The monoisotopic (exact) mass is 389 g/mol. The maximum atomic E-state index is 12.2. The van der Waals surface area contributed by atoms with Crippen molar-refractivity contribution in [3.05, 3.63) is 35.9 Å². The second kappa shape index (κ2) is 9.41. The van der Waals surface area contributed by atoms with E-state index in [4.69, 9.17) is 9.57 Å². The van der Waals surface area contributed by atoms with Crippen LogP contribution in [-0.4, -0.2) is 28.2 Å². The number of piperidine rings is 1. The molecule has 0 aromatic heterocycles. The fourth-order valence-corrected chi connectivity index (χ4v) is 4.41. The molecule has 2 rings (SSSR count). The van der Waals surface area contributed by atoms with Gasteiger partial charge in [-0.1, -0.05) is 58.0 Å². The molecule has 0 radical (unpaired) electrons. The third kappa shape index (κ3) is 4.60. The Hall–Kier alpha value is -1.39. The van der Waals surface area contributed by atoms with Crippen molar-refractivity contribution in [2.75, 3.05) is 0 Å². The van der Waals surface area contributed by atoms with Crippen molar-refractivity contribution in [2.24, 2.45) is 5.92 Å². The zero-order valence-corrected chi connectivity index (χ0v) is 18.8. The number of hydroxylamine groups is 2. The maximum absolute atomic E-state index is 12.2. The Bertz CT molecular complexity index is 634. The minimum Gasteiger partial charge on any atom is -0.462 e. The molecule has 1 aromatic rings. The van der Waals surface area contributed by atoms with Crippen LogP contribution in [0.3, 0.4) is 0 Å². The number of carbonyl (C=O) groups excluding carboxylic acids is 1. The molecule has 1 heterocycles. The second-order valence-corrected chi connectivity index (χ2v) is 8.79. The average Bonchev–Trinajstić information content (AvgIpc) is 2.70. The molecule has 0 spiro atoms. The molecule has 4 nitrogen and oxygen atoms in total. The Kier molecular flexibility index (Phi) is 7.69. The molecule has 158 valence electrons. The van der Waals surface area contributed by atoms with Gasteiger partial charge in [-0.05, 0) is 45.6 Å². The van der Waals surface area contributed by atoms with Gasteiger partial charge in [0.05, 0.1) is 0 Å². The molecule has 1 aliphatic rings. The first-order chi connectivity index (χ1) is 13.2. The fraction of sp³-hybridized carbons (Fsp3) is 0.708. The van der Waals surface area contributed by atoms with Crippen LogP contribution in [0.15, 0.2) is 30.3 Å². The summed E-state index contributed by atoms with van der Waals surface area (Å²) in [5.74, 6) is 0.101. The Balaban J connectivity index is 2.31. The van der Waals surface area contributed by atoms with Crippen LogP contribution in [0, 0.1) is 5.92 Å². The van der Waals surface area contributed by atoms with Crippen molar-refractivity contribution in [1.82, 2.24) is 5.06 Å². The highest BCUT2D eigenvalue weighted by atomic mass is 16.7. The molecule has 0 saturated carbocycles. The van der Waals surface area contributed by atoms with Gasteiger partial charge in [0.25, 0.3) is 0 Å². The minimum atomic E-state index is -0.219. The lowest BCUT2D eigenvalue weighted by atomic mass is 9.69. The number of benzene rings is 1. The number of esters is 1. The van der Waals surface area contributed by atoms with Crippen molar-refractivity contribution < 1.29 is 14.4 Å². The Morgan fingerprint density at radius 1 is 1.18 bits per heavy atom. The van der Waals surface area contributed by atoms with Crippen LogP contribution in [0.5, 0.6) is 0 Å². The van der Waals surface area contributed by atoms with E-state index in [1.807, 2.05) is 13.0 Å². The molecular weight excluding hydrogens is 350 g/mol. The van der Waals surface area contributed by atoms with Gasteiger partial charge < -0.3 is 4.74 Å². The zero-order chi connectivity index (χ0) is 20.9. The molecule has 4 heteroatoms. The number of nitrogens with zero attached hydrogens (tertiary/aromatic N) is 1. The molecule has 28 heavy (non-hydrogen) atoms. The molecule has 5 unspecified atom stereocenters. The van der Waals surface area contributed by atoms with Gasteiger partial charge >= 0.3 is 5.97 Å². The second-order valence-electron chi connectivity index (χ2n) is 8.79. The summed E-state index contributed by atoms with van der Waals surface area (Å²) in [6.07, 6.45) is 3.83. The first kappa shape index (κ1) is 22.9. The van der Waals surface area contributed by atoms with Gasteiger partial charge in [0, 0.05) is 29.8 Å². The van der Waals surface area contributed by atoms with Gasteiger partial charge in [-0.15, -0.1) is 0 Å². The van der Waals surface area contributed by atoms with E-state index in [-0.39, 0.29) is 35.2 Å². The van der Waals surface area contributed by atoms with Crippen molar-refractivity contribution in [3.8, 4) is 0 Å². The summed E-state index contributed by atoms with van der Waals surface area (Å²) in [5.41, 5.74) is 0.754. The van der Waals surface area contributed by atoms with E-state index in [9.17, 15) is 4.79 Å². The fourth-order valence-electron chi connectivity index (χ4n) is 4.41. The number of ether oxygens (including phenoxy) is 1. The van der Waals surface area contributed by atoms with Crippen LogP contribution < -0.4 is 0 Å². The van der Waals surface area contributed by atoms with Crippen LogP contribution in [-0.2, 0) is 14.4 Å². The topological polar surface area (TPSA) is 38.8 Å². The number of rotatable bonds is 8. The molecule has 1 aliphatic heterocycles. The van der Waals surface area contributed by atoms with E-state index >= 15 is 0 Å². The molecule has 5 atom stereocenters. The maximum Gasteiger partial charge on any atom is 0.306 e. The first-order valence-corrected chi connectivity index (χ1v) is 10.9. The van der Waals surface area contributed by atoms with Gasteiger partial charge in [0.15, 0.2) is 0 Å². The molecule has 1 saturated heterocycles.